The number of rotatable bonds is 2. The van der Waals surface area contributed by atoms with Gasteiger partial charge < -0.3 is 5.11 Å². The van der Waals surface area contributed by atoms with Gasteiger partial charge in [0.1, 0.15) is 4.60 Å². The fraction of sp³-hybridized carbons (Fsp3) is 0.471. The van der Waals surface area contributed by atoms with Crippen LogP contribution in [0.2, 0.25) is 0 Å². The number of aryl methyl sites for hydroxylation is 1. The third kappa shape index (κ3) is 2.61. The number of benzene rings is 1. The Morgan fingerprint density at radius 2 is 2.00 bits per heavy atom. The standard InChI is InChI=1S/C17H20BrNO/c1-11-6-5-9-13-14(10-15(18)19-16(11)13)17(20)12-7-3-2-4-8-12/h5-6,9-10,12,17,20H,2-4,7-8H2,1H3. The summed E-state index contributed by atoms with van der Waals surface area (Å²) < 4.78 is 0.809. The van der Waals surface area contributed by atoms with E-state index < -0.39 is 0 Å². The minimum Gasteiger partial charge on any atom is -0.388 e. The second kappa shape index (κ2) is 5.82. The van der Waals surface area contributed by atoms with Crippen molar-refractivity contribution in [2.24, 2.45) is 5.92 Å². The highest BCUT2D eigenvalue weighted by atomic mass is 79.9. The van der Waals surface area contributed by atoms with Crippen molar-refractivity contribution < 1.29 is 5.11 Å². The van der Waals surface area contributed by atoms with Crippen LogP contribution in [0.15, 0.2) is 28.9 Å². The van der Waals surface area contributed by atoms with E-state index in [1.807, 2.05) is 12.1 Å². The van der Waals surface area contributed by atoms with E-state index in [0.29, 0.717) is 5.92 Å². The largest absolute Gasteiger partial charge is 0.388 e. The normalized spacial score (nSPS) is 18.4. The van der Waals surface area contributed by atoms with Gasteiger partial charge in [-0.25, -0.2) is 4.98 Å². The van der Waals surface area contributed by atoms with E-state index in [4.69, 9.17) is 0 Å². The molecule has 20 heavy (non-hydrogen) atoms. The Kier molecular flexibility index (Phi) is 4.08. The zero-order valence-electron chi connectivity index (χ0n) is 11.8. The van der Waals surface area contributed by atoms with Gasteiger partial charge in [-0.15, -0.1) is 0 Å². The van der Waals surface area contributed by atoms with E-state index in [0.717, 1.165) is 39.5 Å². The van der Waals surface area contributed by atoms with Crippen LogP contribution in [-0.2, 0) is 0 Å². The molecule has 0 bridgehead atoms. The molecule has 1 unspecified atom stereocenters. The average Bonchev–Trinajstić information content (AvgIpc) is 2.48. The maximum Gasteiger partial charge on any atom is 0.107 e. The Balaban J connectivity index is 2.07. The molecule has 1 aliphatic rings. The highest BCUT2D eigenvalue weighted by Crippen LogP contribution is 2.38. The lowest BCUT2D eigenvalue weighted by Gasteiger charge is -2.27. The first kappa shape index (κ1) is 14.0. The second-order valence-corrected chi connectivity index (χ2v) is 6.66. The molecular formula is C17H20BrNO. The number of nitrogens with zero attached hydrogens (tertiary/aromatic N) is 1. The number of fused-ring (bicyclic) bond motifs is 1. The van der Waals surface area contributed by atoms with Crippen LogP contribution in [0.1, 0.15) is 49.3 Å². The Labute approximate surface area is 128 Å². The predicted molar refractivity (Wildman–Crippen MR) is 85.7 cm³/mol. The second-order valence-electron chi connectivity index (χ2n) is 5.85. The SMILES string of the molecule is Cc1cccc2c(C(O)C3CCCCC3)cc(Br)nc12. The van der Waals surface area contributed by atoms with Crippen LogP contribution in [0, 0.1) is 12.8 Å². The summed E-state index contributed by atoms with van der Waals surface area (Å²) in [7, 11) is 0. The van der Waals surface area contributed by atoms with Gasteiger partial charge in [0.2, 0.25) is 0 Å². The van der Waals surface area contributed by atoms with Gasteiger partial charge in [-0.3, -0.25) is 0 Å². The van der Waals surface area contributed by atoms with E-state index in [1.54, 1.807) is 0 Å². The monoisotopic (exact) mass is 333 g/mol. The molecule has 1 N–H and O–H groups in total. The van der Waals surface area contributed by atoms with E-state index >= 15 is 0 Å². The molecule has 2 aromatic rings. The zero-order chi connectivity index (χ0) is 14.1. The number of aromatic nitrogens is 1. The minimum atomic E-state index is -0.376. The summed E-state index contributed by atoms with van der Waals surface area (Å²) in [5.74, 6) is 0.391. The molecule has 0 aliphatic heterocycles. The maximum absolute atomic E-state index is 10.8. The van der Waals surface area contributed by atoms with Crippen LogP contribution >= 0.6 is 15.9 Å². The summed E-state index contributed by atoms with van der Waals surface area (Å²) in [6, 6.07) is 8.17. The summed E-state index contributed by atoms with van der Waals surface area (Å²) in [5, 5.41) is 11.9. The van der Waals surface area contributed by atoms with Crippen LogP contribution in [0.3, 0.4) is 0 Å². The van der Waals surface area contributed by atoms with E-state index in [9.17, 15) is 5.11 Å². The Hall–Kier alpha value is -0.930. The summed E-state index contributed by atoms with van der Waals surface area (Å²) in [6.45, 7) is 2.07. The van der Waals surface area contributed by atoms with E-state index in [1.165, 1.54) is 19.3 Å². The average molecular weight is 334 g/mol. The Morgan fingerprint density at radius 1 is 1.25 bits per heavy atom. The molecule has 0 spiro atoms. The van der Waals surface area contributed by atoms with Crippen LogP contribution in [0.5, 0.6) is 0 Å². The van der Waals surface area contributed by atoms with Crippen molar-refractivity contribution in [1.29, 1.82) is 0 Å². The molecule has 3 heteroatoms. The number of halogens is 1. The van der Waals surface area contributed by atoms with Crippen molar-refractivity contribution in [3.05, 3.63) is 40.0 Å². The number of pyridine rings is 1. The maximum atomic E-state index is 10.8. The molecule has 1 aromatic carbocycles. The molecule has 0 amide bonds. The van der Waals surface area contributed by atoms with Crippen molar-refractivity contribution in [3.8, 4) is 0 Å². The van der Waals surface area contributed by atoms with Crippen LogP contribution in [-0.4, -0.2) is 10.1 Å². The van der Waals surface area contributed by atoms with Crippen molar-refractivity contribution in [2.45, 2.75) is 45.1 Å². The molecule has 0 radical (unpaired) electrons. The molecule has 2 nitrogen and oxygen atoms in total. The molecule has 3 rings (SSSR count). The highest BCUT2D eigenvalue weighted by Gasteiger charge is 2.25. The molecule has 0 saturated heterocycles. The first-order valence-electron chi connectivity index (χ1n) is 7.40. The fourth-order valence-electron chi connectivity index (χ4n) is 3.33. The third-order valence-electron chi connectivity index (χ3n) is 4.46. The van der Waals surface area contributed by atoms with Crippen molar-refractivity contribution in [2.75, 3.05) is 0 Å². The molecule has 1 fully saturated rings. The van der Waals surface area contributed by atoms with E-state index in [-0.39, 0.29) is 6.10 Å². The Bertz CT molecular complexity index is 620. The van der Waals surface area contributed by atoms with Gasteiger partial charge in [0, 0.05) is 5.39 Å². The molecule has 1 aliphatic carbocycles. The molecule has 1 heterocycles. The molecule has 1 aromatic heterocycles. The smallest absolute Gasteiger partial charge is 0.107 e. The molecule has 106 valence electrons. The lowest BCUT2D eigenvalue weighted by molar-refractivity contribution is 0.0860. The lowest BCUT2D eigenvalue weighted by Crippen LogP contribution is -2.16. The van der Waals surface area contributed by atoms with Crippen LogP contribution in [0.4, 0.5) is 0 Å². The van der Waals surface area contributed by atoms with Gasteiger partial charge in [-0.1, -0.05) is 37.5 Å². The Morgan fingerprint density at radius 3 is 2.75 bits per heavy atom. The van der Waals surface area contributed by atoms with Gasteiger partial charge in [0.05, 0.1) is 11.6 Å². The van der Waals surface area contributed by atoms with Crippen molar-refractivity contribution >= 4 is 26.8 Å². The number of hydrogen-bond donors (Lipinski definition) is 1. The van der Waals surface area contributed by atoms with Gasteiger partial charge in [0.15, 0.2) is 0 Å². The quantitative estimate of drug-likeness (QED) is 0.791. The minimum absolute atomic E-state index is 0.376. The third-order valence-corrected chi connectivity index (χ3v) is 4.86. The number of aliphatic hydroxyl groups excluding tert-OH is 1. The summed E-state index contributed by atoms with van der Waals surface area (Å²) in [5.41, 5.74) is 3.17. The first-order valence-corrected chi connectivity index (χ1v) is 8.20. The zero-order valence-corrected chi connectivity index (χ0v) is 13.4. The van der Waals surface area contributed by atoms with Crippen molar-refractivity contribution in [3.63, 3.8) is 0 Å². The first-order chi connectivity index (χ1) is 9.66. The summed E-state index contributed by atoms with van der Waals surface area (Å²) in [6.07, 6.45) is 5.68. The molecule has 1 atom stereocenters. The molecule has 1 saturated carbocycles. The predicted octanol–water partition coefficient (Wildman–Crippen LogP) is 4.92. The lowest BCUT2D eigenvalue weighted by atomic mass is 9.82. The molecular weight excluding hydrogens is 314 g/mol. The van der Waals surface area contributed by atoms with Crippen molar-refractivity contribution in [1.82, 2.24) is 4.98 Å². The number of aliphatic hydroxyl groups is 1. The van der Waals surface area contributed by atoms with Gasteiger partial charge in [-0.2, -0.15) is 0 Å². The fourth-order valence-corrected chi connectivity index (χ4v) is 3.76. The van der Waals surface area contributed by atoms with Gasteiger partial charge in [0.25, 0.3) is 0 Å². The van der Waals surface area contributed by atoms with Crippen LogP contribution in [0.25, 0.3) is 10.9 Å². The number of hydrogen-bond acceptors (Lipinski definition) is 2. The topological polar surface area (TPSA) is 33.1 Å². The summed E-state index contributed by atoms with van der Waals surface area (Å²) >= 11 is 3.49. The van der Waals surface area contributed by atoms with Gasteiger partial charge in [-0.05, 0) is 58.8 Å². The van der Waals surface area contributed by atoms with Crippen LogP contribution < -0.4 is 0 Å². The summed E-state index contributed by atoms with van der Waals surface area (Å²) in [4.78, 5) is 4.57. The highest BCUT2D eigenvalue weighted by molar-refractivity contribution is 9.10. The van der Waals surface area contributed by atoms with E-state index in [2.05, 4.69) is 40.0 Å². The number of para-hydroxylation sites is 1. The van der Waals surface area contributed by atoms with Gasteiger partial charge >= 0.3 is 0 Å².